The number of aromatic hydroxyl groups is 3. The number of hydrogen-bond donors (Lipinski definition) is 3. The van der Waals surface area contributed by atoms with Gasteiger partial charge in [0.05, 0.1) is 0 Å². The average molecular weight is 1870 g/mol. The van der Waals surface area contributed by atoms with Gasteiger partial charge in [-0.2, -0.15) is 0 Å². The monoisotopic (exact) mass is 1870 g/mol. The van der Waals surface area contributed by atoms with E-state index in [1.807, 2.05) is 0 Å². The lowest BCUT2D eigenvalue weighted by molar-refractivity contribution is -0.410. The lowest BCUT2D eigenvalue weighted by Gasteiger charge is -2.57. The van der Waals surface area contributed by atoms with Gasteiger partial charge < -0.3 is 15.3 Å². The van der Waals surface area contributed by atoms with Crippen molar-refractivity contribution in [2.24, 2.45) is 0 Å². The summed E-state index contributed by atoms with van der Waals surface area (Å²) >= 11 is 0. The predicted octanol–water partition coefficient (Wildman–Crippen LogP) is 38.7. The standard InChI is InChI=1S/C115H199O12P3/c1-17-23-29-35-41-47-53-59-65-71-77-83-89-110(13,14)103-98(88-82-76-70-64-58-52-46-40-34-28-22-6)102(93(9)96(106(103)117)86-80-74-68-62-56-50-44-38-32-26-20-4)113-114-112(121-129(123-114)124-114,99-90-100(109(10,11)12)105(116)94(91(99)7)84-78-72-66-60-54-48-42-36-30-24-18-2)101-92(8)95(85-79-73-67-61-55-49-43-37-31-25-19-3)107(118)104(97(101)87-81-75-69-63-57-51-45-39-33-27-21-5)111(15,16)108-119-128(120-108)125-115(113)126-130(122-113)127-115/h90,108,116-118H,17-89H2,1-16H3. The van der Waals surface area contributed by atoms with Gasteiger partial charge in [0.15, 0.2) is 11.9 Å². The van der Waals surface area contributed by atoms with E-state index in [2.05, 4.69) is 117 Å². The molecule has 130 heavy (non-hydrogen) atoms. The fourth-order valence-electron chi connectivity index (χ4n) is 23.3. The molecule has 9 heterocycles. The molecule has 7 saturated heterocycles. The lowest BCUT2D eigenvalue weighted by Crippen LogP contribution is -2.73. The molecule has 8 bridgehead atoms. The molecule has 7 fully saturated rings. The topological polar surface area (TPSA) is 144 Å². The van der Waals surface area contributed by atoms with E-state index in [0.717, 1.165) is 193 Å². The highest BCUT2D eigenvalue weighted by molar-refractivity contribution is 7.45. The molecule has 746 valence electrons. The average Bonchev–Trinajstić information content (AvgIpc) is 1.44. The largest absolute Gasteiger partial charge is 0.507 e. The number of hydrogen-bond acceptors (Lipinski definition) is 12. The zero-order valence-corrected chi connectivity index (χ0v) is 89.8. The first-order valence-corrected chi connectivity index (χ1v) is 59.5. The Labute approximate surface area is 803 Å². The van der Waals surface area contributed by atoms with Gasteiger partial charge in [-0.3, -0.25) is 27.1 Å². The van der Waals surface area contributed by atoms with Gasteiger partial charge in [0.25, 0.3) is 5.79 Å². The molecule has 0 aromatic heterocycles. The predicted molar refractivity (Wildman–Crippen MR) is 552 cm³/mol. The molecule has 0 amide bonds. The molecule has 3 N–H and O–H groups in total. The summed E-state index contributed by atoms with van der Waals surface area (Å²) in [4.78, 5) is 0. The van der Waals surface area contributed by atoms with Crippen LogP contribution in [-0.2, 0) is 100 Å². The van der Waals surface area contributed by atoms with E-state index in [1.54, 1.807) is 0 Å². The normalized spacial score (nSPS) is 21.9. The second-order valence-electron chi connectivity index (χ2n) is 44.1. The van der Waals surface area contributed by atoms with Crippen molar-refractivity contribution in [3.63, 3.8) is 0 Å². The molecule has 2 spiro atoms. The van der Waals surface area contributed by atoms with Crippen LogP contribution in [0.25, 0.3) is 0 Å². The van der Waals surface area contributed by atoms with Crippen molar-refractivity contribution in [3.8, 4) is 17.2 Å². The molecule has 0 saturated carbocycles. The van der Waals surface area contributed by atoms with E-state index >= 15 is 0 Å². The van der Waals surface area contributed by atoms with Crippen LogP contribution in [-0.4, -0.2) is 33.4 Å². The van der Waals surface area contributed by atoms with Gasteiger partial charge in [0.2, 0.25) is 5.60 Å². The van der Waals surface area contributed by atoms with E-state index in [1.165, 1.54) is 321 Å². The van der Waals surface area contributed by atoms with Gasteiger partial charge in [-0.15, -0.1) is 0 Å². The van der Waals surface area contributed by atoms with Gasteiger partial charge in [0.1, 0.15) is 17.2 Å². The number of benzene rings is 3. The first-order valence-electron chi connectivity index (χ1n) is 56.2. The minimum absolute atomic E-state index is 0.311. The zero-order valence-electron chi connectivity index (χ0n) is 87.1. The fraction of sp³-hybridized carbons (Fsp3) is 0.843. The van der Waals surface area contributed by atoms with Crippen molar-refractivity contribution >= 4 is 25.8 Å². The maximum Gasteiger partial charge on any atom is 0.344 e. The van der Waals surface area contributed by atoms with Crippen molar-refractivity contribution in [2.45, 2.75) is 625 Å². The SMILES string of the molecule is CCCCCCCCCCCCCCC(C)(C)c1c(O)c(CCCCCCCCCCCCC)c(C)c(C23OP4OC2(OP2OC(O2)C(C)(C)c2c(O)c(CCCCCCCCCCCCC)c(C)c(c2CCCCCCCCCCCCC)C2(c5cc(C(C)(C)C)c(O)c(CCCCCCCCCCCCC)c5C)OP5OC23O5)O4)c1CCCCCCCCCCCCC. The molecule has 12 rings (SSSR count). The fourth-order valence-corrected chi connectivity index (χ4v) is 27.7. The Bertz CT molecular complexity index is 3660. The van der Waals surface area contributed by atoms with Crippen LogP contribution in [0.2, 0.25) is 0 Å². The van der Waals surface area contributed by atoms with E-state index < -0.39 is 71.3 Å². The quantitative estimate of drug-likeness (QED) is 0.0366. The zero-order chi connectivity index (χ0) is 93.3. The minimum atomic E-state index is -2.24. The molecular formula is C115H199O12P3. The van der Waals surface area contributed by atoms with Crippen LogP contribution < -0.4 is 0 Å². The lowest BCUT2D eigenvalue weighted by atomic mass is 9.60. The van der Waals surface area contributed by atoms with E-state index in [4.69, 9.17) is 40.7 Å². The third kappa shape index (κ3) is 29.6. The summed E-state index contributed by atoms with van der Waals surface area (Å²) in [5.41, 5.74) is 7.02. The maximum atomic E-state index is 14.4. The molecule has 2 unspecified atom stereocenters. The van der Waals surface area contributed by atoms with E-state index in [9.17, 15) is 15.3 Å². The molecule has 9 aliphatic heterocycles. The van der Waals surface area contributed by atoms with Crippen molar-refractivity contribution in [1.29, 1.82) is 0 Å². The molecule has 3 aromatic rings. The van der Waals surface area contributed by atoms with Crippen molar-refractivity contribution < 1.29 is 56.0 Å². The number of rotatable bonds is 76. The Hall–Kier alpha value is -2.01. The molecule has 15 heteroatoms. The molecule has 3 aromatic carbocycles. The Morgan fingerprint density at radius 2 is 0.577 bits per heavy atom. The molecule has 12 nitrogen and oxygen atoms in total. The highest BCUT2D eigenvalue weighted by Crippen LogP contribution is 2.91. The van der Waals surface area contributed by atoms with Gasteiger partial charge in [-0.05, 0) is 164 Å². The van der Waals surface area contributed by atoms with Crippen LogP contribution in [0.3, 0.4) is 0 Å². The first kappa shape index (κ1) is 112. The summed E-state index contributed by atoms with van der Waals surface area (Å²) in [5, 5.41) is 42.3. The number of unbranched alkanes of at least 4 members (excludes halogenated alkanes) is 61. The summed E-state index contributed by atoms with van der Waals surface area (Å²) in [6, 6.07) is 2.30. The third-order valence-corrected chi connectivity index (χ3v) is 34.9. The highest BCUT2D eigenvalue weighted by atomic mass is 31.2. The highest BCUT2D eigenvalue weighted by Gasteiger charge is 2.96. The summed E-state index contributed by atoms with van der Waals surface area (Å²) < 4.78 is 71.0. The molecule has 0 aliphatic carbocycles. The van der Waals surface area contributed by atoms with Gasteiger partial charge >= 0.3 is 31.8 Å². The molecule has 0 radical (unpaired) electrons. The second-order valence-corrected chi connectivity index (χ2v) is 47.1. The Kier molecular flexibility index (Phi) is 50.0. The Balaban J connectivity index is 1.31. The minimum Gasteiger partial charge on any atom is -0.507 e. The van der Waals surface area contributed by atoms with Gasteiger partial charge in [0, 0.05) is 27.7 Å². The van der Waals surface area contributed by atoms with Crippen molar-refractivity contribution in [3.05, 3.63) is 84.0 Å². The summed E-state index contributed by atoms with van der Waals surface area (Å²) in [6.45, 7) is 36.7. The van der Waals surface area contributed by atoms with E-state index in [0.29, 0.717) is 49.4 Å². The third-order valence-electron chi connectivity index (χ3n) is 31.3. The summed E-state index contributed by atoms with van der Waals surface area (Å²) in [6.07, 6.45) is 85.1. The maximum absolute atomic E-state index is 14.4. The smallest absolute Gasteiger partial charge is 0.344 e. The van der Waals surface area contributed by atoms with Gasteiger partial charge in [-0.25, -0.2) is 13.6 Å². The summed E-state index contributed by atoms with van der Waals surface area (Å²) in [5.74, 6) is -3.09. The second kappa shape index (κ2) is 58.3. The Morgan fingerprint density at radius 1 is 0.292 bits per heavy atom. The molecule has 9 aliphatic rings. The van der Waals surface area contributed by atoms with E-state index in [-0.39, 0.29) is 0 Å². The van der Waals surface area contributed by atoms with Crippen molar-refractivity contribution in [1.82, 2.24) is 0 Å². The number of phenols is 3. The van der Waals surface area contributed by atoms with Crippen molar-refractivity contribution in [2.75, 3.05) is 0 Å². The molecule has 2 atom stereocenters. The van der Waals surface area contributed by atoms with Crippen LogP contribution in [0, 0.1) is 20.8 Å². The van der Waals surface area contributed by atoms with Crippen LogP contribution in [0.5, 0.6) is 17.2 Å². The number of phenolic OH excluding ortho intramolecular Hbond substituents is 3. The van der Waals surface area contributed by atoms with Crippen LogP contribution >= 0.6 is 25.8 Å². The first-order chi connectivity index (χ1) is 63.0. The molecular weight excluding hydrogens is 1670 g/mol. The van der Waals surface area contributed by atoms with Gasteiger partial charge in [-0.1, -0.05) is 488 Å². The summed E-state index contributed by atoms with van der Waals surface area (Å²) in [7, 11) is -6.62. The van der Waals surface area contributed by atoms with Crippen LogP contribution in [0.4, 0.5) is 0 Å². The Morgan fingerprint density at radius 3 is 0.923 bits per heavy atom. The van der Waals surface area contributed by atoms with Crippen LogP contribution in [0.15, 0.2) is 6.07 Å². The van der Waals surface area contributed by atoms with Crippen LogP contribution in [0.1, 0.15) is 605 Å².